The summed E-state index contributed by atoms with van der Waals surface area (Å²) < 4.78 is 0. The topological polar surface area (TPSA) is 32.3 Å². The molecule has 3 heteroatoms. The molecule has 0 heterocycles. The lowest BCUT2D eigenvalue weighted by molar-refractivity contribution is 0.163. The van der Waals surface area contributed by atoms with Crippen LogP contribution in [0, 0.1) is 11.3 Å². The van der Waals surface area contributed by atoms with Crippen LogP contribution in [0.5, 0.6) is 0 Å². The Morgan fingerprint density at radius 2 is 1.90 bits per heavy atom. The van der Waals surface area contributed by atoms with E-state index in [-0.39, 0.29) is 6.10 Å². The minimum atomic E-state index is -0.221. The Kier molecular flexibility index (Phi) is 7.37. The lowest BCUT2D eigenvalue weighted by Crippen LogP contribution is -2.46. The van der Waals surface area contributed by atoms with Gasteiger partial charge in [-0.3, -0.25) is 0 Å². The van der Waals surface area contributed by atoms with Gasteiger partial charge in [-0.25, -0.2) is 0 Å². The van der Waals surface area contributed by atoms with E-state index in [2.05, 4.69) is 39.9 Å². The van der Waals surface area contributed by atoms with Crippen LogP contribution in [0.15, 0.2) is 0 Å². The summed E-state index contributed by atoms with van der Waals surface area (Å²) in [4.78, 5) is 0. The molecule has 0 amide bonds. The van der Waals surface area contributed by atoms with Crippen LogP contribution in [0.4, 0.5) is 0 Å². The molecule has 1 fully saturated rings. The first kappa shape index (κ1) is 18.3. The molecule has 2 nitrogen and oxygen atoms in total. The maximum absolute atomic E-state index is 9.80. The lowest BCUT2D eigenvalue weighted by atomic mass is 9.71. The van der Waals surface area contributed by atoms with Gasteiger partial charge < -0.3 is 10.4 Å². The number of hydrogen-bond donors (Lipinski definition) is 2. The van der Waals surface area contributed by atoms with E-state index < -0.39 is 0 Å². The van der Waals surface area contributed by atoms with Gasteiger partial charge in [-0.1, -0.05) is 34.6 Å². The smallest absolute Gasteiger partial charge is 0.0628 e. The number of rotatable bonds is 6. The SMILES string of the molecule is CCCNC1CCC(C(C)(C)C)CC1SC(C)C(C)O. The monoisotopic (exact) mass is 301 g/mol. The van der Waals surface area contributed by atoms with Gasteiger partial charge in [0.25, 0.3) is 0 Å². The molecular weight excluding hydrogens is 266 g/mol. The van der Waals surface area contributed by atoms with Gasteiger partial charge in [0.2, 0.25) is 0 Å². The first-order valence-corrected chi connectivity index (χ1v) is 9.26. The first-order chi connectivity index (χ1) is 9.25. The highest BCUT2D eigenvalue weighted by Gasteiger charge is 2.36. The second-order valence-electron chi connectivity index (χ2n) is 7.56. The molecule has 5 unspecified atom stereocenters. The molecule has 20 heavy (non-hydrogen) atoms. The van der Waals surface area contributed by atoms with Gasteiger partial charge >= 0.3 is 0 Å². The Bertz CT molecular complexity index is 275. The average Bonchev–Trinajstić information content (AvgIpc) is 2.35. The molecule has 0 radical (unpaired) electrons. The molecule has 1 saturated carbocycles. The largest absolute Gasteiger partial charge is 0.392 e. The van der Waals surface area contributed by atoms with E-state index in [0.717, 1.165) is 12.5 Å². The van der Waals surface area contributed by atoms with E-state index in [0.29, 0.717) is 22.0 Å². The Hall–Kier alpha value is 0.270. The van der Waals surface area contributed by atoms with E-state index in [1.165, 1.54) is 25.7 Å². The van der Waals surface area contributed by atoms with Crippen molar-refractivity contribution < 1.29 is 5.11 Å². The highest BCUT2D eigenvalue weighted by atomic mass is 32.2. The molecule has 5 atom stereocenters. The minimum Gasteiger partial charge on any atom is -0.392 e. The Labute approximate surface area is 130 Å². The van der Waals surface area contributed by atoms with Gasteiger partial charge in [-0.05, 0) is 50.5 Å². The van der Waals surface area contributed by atoms with E-state index in [1.807, 2.05) is 18.7 Å². The first-order valence-electron chi connectivity index (χ1n) is 8.32. The molecule has 0 aromatic heterocycles. The van der Waals surface area contributed by atoms with Crippen LogP contribution in [0.25, 0.3) is 0 Å². The van der Waals surface area contributed by atoms with Crippen molar-refractivity contribution in [3.8, 4) is 0 Å². The third-order valence-corrected chi connectivity index (χ3v) is 6.44. The van der Waals surface area contributed by atoms with Gasteiger partial charge in [0, 0.05) is 16.5 Å². The van der Waals surface area contributed by atoms with E-state index in [4.69, 9.17) is 0 Å². The summed E-state index contributed by atoms with van der Waals surface area (Å²) in [6.45, 7) is 14.5. The summed E-state index contributed by atoms with van der Waals surface area (Å²) in [6, 6.07) is 0.625. The maximum atomic E-state index is 9.80. The van der Waals surface area contributed by atoms with Crippen LogP contribution in [-0.2, 0) is 0 Å². The summed E-state index contributed by atoms with van der Waals surface area (Å²) in [5.41, 5.74) is 0.405. The van der Waals surface area contributed by atoms with Crippen molar-refractivity contribution in [1.29, 1.82) is 0 Å². The van der Waals surface area contributed by atoms with Crippen molar-refractivity contribution in [3.05, 3.63) is 0 Å². The zero-order valence-electron chi connectivity index (χ0n) is 14.3. The summed E-state index contributed by atoms with van der Waals surface area (Å²) in [5, 5.41) is 14.5. The fourth-order valence-electron chi connectivity index (χ4n) is 3.02. The summed E-state index contributed by atoms with van der Waals surface area (Å²) in [7, 11) is 0. The molecule has 0 aliphatic heterocycles. The summed E-state index contributed by atoms with van der Waals surface area (Å²) >= 11 is 1.99. The fraction of sp³-hybridized carbons (Fsp3) is 1.00. The normalized spacial score (nSPS) is 31.1. The van der Waals surface area contributed by atoms with Crippen molar-refractivity contribution in [2.45, 2.75) is 89.9 Å². The van der Waals surface area contributed by atoms with Crippen LogP contribution >= 0.6 is 11.8 Å². The molecule has 0 spiro atoms. The Balaban J connectivity index is 2.67. The predicted molar refractivity (Wildman–Crippen MR) is 91.4 cm³/mol. The summed E-state index contributed by atoms with van der Waals surface area (Å²) in [5.74, 6) is 0.806. The van der Waals surface area contributed by atoms with Crippen LogP contribution in [-0.4, -0.2) is 34.3 Å². The fourth-order valence-corrected chi connectivity index (χ4v) is 4.56. The van der Waals surface area contributed by atoms with Gasteiger partial charge in [0.1, 0.15) is 0 Å². The number of thioether (sulfide) groups is 1. The quantitative estimate of drug-likeness (QED) is 0.775. The molecule has 2 N–H and O–H groups in total. The molecule has 0 aromatic carbocycles. The number of aliphatic hydroxyl groups excluding tert-OH is 1. The zero-order chi connectivity index (χ0) is 15.3. The molecular formula is C17H35NOS. The third kappa shape index (κ3) is 5.57. The molecule has 0 saturated heterocycles. The molecule has 120 valence electrons. The molecule has 0 bridgehead atoms. The van der Waals surface area contributed by atoms with E-state index in [1.54, 1.807) is 0 Å². The Morgan fingerprint density at radius 1 is 1.25 bits per heavy atom. The number of nitrogens with one attached hydrogen (secondary N) is 1. The second-order valence-corrected chi connectivity index (χ2v) is 9.18. The molecule has 1 aliphatic carbocycles. The highest BCUT2D eigenvalue weighted by molar-refractivity contribution is 8.00. The minimum absolute atomic E-state index is 0.221. The predicted octanol–water partition coefficient (Wildman–Crippen LogP) is 4.07. The van der Waals surface area contributed by atoms with Crippen LogP contribution in [0.2, 0.25) is 0 Å². The van der Waals surface area contributed by atoms with Crippen LogP contribution < -0.4 is 5.32 Å². The standard InChI is InChI=1S/C17H35NOS/c1-7-10-18-15-9-8-14(17(4,5)6)11-16(15)20-13(3)12(2)19/h12-16,18-19H,7-11H2,1-6H3. The lowest BCUT2D eigenvalue weighted by Gasteiger charge is -2.43. The average molecular weight is 302 g/mol. The Morgan fingerprint density at radius 3 is 2.40 bits per heavy atom. The number of hydrogen-bond acceptors (Lipinski definition) is 3. The van der Waals surface area contributed by atoms with Gasteiger partial charge in [-0.15, -0.1) is 0 Å². The van der Waals surface area contributed by atoms with Crippen LogP contribution in [0.3, 0.4) is 0 Å². The van der Waals surface area contributed by atoms with Gasteiger partial charge in [0.05, 0.1) is 6.10 Å². The maximum Gasteiger partial charge on any atom is 0.0628 e. The highest BCUT2D eigenvalue weighted by Crippen LogP contribution is 2.42. The molecule has 1 rings (SSSR count). The van der Waals surface area contributed by atoms with Crippen molar-refractivity contribution in [3.63, 3.8) is 0 Å². The molecule has 1 aliphatic rings. The van der Waals surface area contributed by atoms with Crippen LogP contribution in [0.1, 0.15) is 67.2 Å². The van der Waals surface area contributed by atoms with Crippen molar-refractivity contribution in [2.24, 2.45) is 11.3 Å². The summed E-state index contributed by atoms with van der Waals surface area (Å²) in [6.07, 6.45) is 4.88. The van der Waals surface area contributed by atoms with Crippen molar-refractivity contribution in [1.82, 2.24) is 5.32 Å². The van der Waals surface area contributed by atoms with Gasteiger partial charge in [-0.2, -0.15) is 11.8 Å². The molecule has 0 aromatic rings. The number of aliphatic hydroxyl groups is 1. The third-order valence-electron chi connectivity index (χ3n) is 4.74. The van der Waals surface area contributed by atoms with E-state index >= 15 is 0 Å². The zero-order valence-corrected chi connectivity index (χ0v) is 15.1. The second kappa shape index (κ2) is 8.05. The van der Waals surface area contributed by atoms with Crippen molar-refractivity contribution >= 4 is 11.8 Å². The van der Waals surface area contributed by atoms with Crippen molar-refractivity contribution in [2.75, 3.05) is 6.54 Å². The van der Waals surface area contributed by atoms with Gasteiger partial charge in [0.15, 0.2) is 0 Å². The van der Waals surface area contributed by atoms with E-state index in [9.17, 15) is 5.11 Å².